The minimum Gasteiger partial charge on any atom is -0.497 e. The molecule has 0 atom stereocenters. The van der Waals surface area contributed by atoms with Crippen LogP contribution >= 0.6 is 0 Å². The quantitative estimate of drug-likeness (QED) is 0.785. The van der Waals surface area contributed by atoms with E-state index in [1.165, 1.54) is 0 Å². The summed E-state index contributed by atoms with van der Waals surface area (Å²) in [6.07, 6.45) is 3.57. The van der Waals surface area contributed by atoms with Gasteiger partial charge in [0.15, 0.2) is 0 Å². The first kappa shape index (κ1) is 14.3. The largest absolute Gasteiger partial charge is 0.497 e. The van der Waals surface area contributed by atoms with Crippen LogP contribution in [0.5, 0.6) is 5.75 Å². The summed E-state index contributed by atoms with van der Waals surface area (Å²) in [5.74, 6) is 1.48. The Morgan fingerprint density at radius 2 is 1.80 bits per heavy atom. The van der Waals surface area contributed by atoms with Crippen LogP contribution in [0.25, 0.3) is 0 Å². The van der Waals surface area contributed by atoms with E-state index >= 15 is 0 Å². The van der Waals surface area contributed by atoms with Gasteiger partial charge in [0.25, 0.3) is 0 Å². The summed E-state index contributed by atoms with van der Waals surface area (Å²) in [6.45, 7) is 3.82. The predicted molar refractivity (Wildman–Crippen MR) is 77.9 cm³/mol. The third-order valence-corrected chi connectivity index (χ3v) is 2.74. The average Bonchev–Trinajstić information content (AvgIpc) is 2.49. The van der Waals surface area contributed by atoms with Crippen LogP contribution in [-0.2, 0) is 11.3 Å². The number of aromatic nitrogens is 2. The summed E-state index contributed by atoms with van der Waals surface area (Å²) in [6, 6.07) is 7.85. The molecule has 2 aromatic rings. The molecule has 5 nitrogen and oxygen atoms in total. The second-order valence-corrected chi connectivity index (χ2v) is 4.41. The van der Waals surface area contributed by atoms with Gasteiger partial charge in [-0.25, -0.2) is 9.97 Å². The van der Waals surface area contributed by atoms with Gasteiger partial charge in [0.2, 0.25) is 5.95 Å². The van der Waals surface area contributed by atoms with Crippen LogP contribution in [0.2, 0.25) is 0 Å². The van der Waals surface area contributed by atoms with Crippen molar-refractivity contribution in [3.05, 3.63) is 47.8 Å². The van der Waals surface area contributed by atoms with E-state index in [1.807, 2.05) is 31.2 Å². The van der Waals surface area contributed by atoms with Crippen LogP contribution in [0, 0.1) is 6.92 Å². The highest BCUT2D eigenvalue weighted by molar-refractivity contribution is 5.26. The van der Waals surface area contributed by atoms with Crippen molar-refractivity contribution in [1.82, 2.24) is 9.97 Å². The van der Waals surface area contributed by atoms with Gasteiger partial charge in [-0.2, -0.15) is 0 Å². The molecule has 0 aliphatic heterocycles. The number of benzene rings is 1. The normalized spacial score (nSPS) is 10.3. The van der Waals surface area contributed by atoms with Gasteiger partial charge in [-0.3, -0.25) is 0 Å². The predicted octanol–water partition coefficient (Wildman–Crippen LogP) is 2.42. The van der Waals surface area contributed by atoms with Crippen LogP contribution in [0.3, 0.4) is 0 Å². The van der Waals surface area contributed by atoms with Crippen LogP contribution in [0.1, 0.15) is 11.1 Å². The molecule has 0 radical (unpaired) electrons. The number of nitrogens with zero attached hydrogens (tertiary/aromatic N) is 2. The maximum absolute atomic E-state index is 5.58. The van der Waals surface area contributed by atoms with E-state index in [0.29, 0.717) is 25.7 Å². The van der Waals surface area contributed by atoms with Crippen molar-refractivity contribution in [2.45, 2.75) is 13.5 Å². The van der Waals surface area contributed by atoms with Gasteiger partial charge in [0.1, 0.15) is 5.75 Å². The number of aryl methyl sites for hydroxylation is 1. The van der Waals surface area contributed by atoms with Crippen LogP contribution in [0.15, 0.2) is 36.7 Å². The zero-order chi connectivity index (χ0) is 14.2. The Kier molecular flexibility index (Phi) is 5.32. The SMILES string of the molecule is COc1ccc(COCCNc2ncc(C)cn2)cc1. The van der Waals surface area contributed by atoms with Gasteiger partial charge >= 0.3 is 0 Å². The maximum atomic E-state index is 5.58. The molecule has 0 spiro atoms. The number of hydrogen-bond acceptors (Lipinski definition) is 5. The molecule has 0 aliphatic rings. The Balaban J connectivity index is 1.64. The van der Waals surface area contributed by atoms with Crippen molar-refractivity contribution < 1.29 is 9.47 Å². The Morgan fingerprint density at radius 3 is 2.45 bits per heavy atom. The lowest BCUT2D eigenvalue weighted by molar-refractivity contribution is 0.130. The minimum absolute atomic E-state index is 0.584. The fourth-order valence-electron chi connectivity index (χ4n) is 1.63. The molecule has 5 heteroatoms. The van der Waals surface area contributed by atoms with Gasteiger partial charge in [-0.1, -0.05) is 12.1 Å². The molecular weight excluding hydrogens is 254 g/mol. The number of methoxy groups -OCH3 is 1. The zero-order valence-electron chi connectivity index (χ0n) is 11.8. The molecule has 1 N–H and O–H groups in total. The fourth-order valence-corrected chi connectivity index (χ4v) is 1.63. The zero-order valence-corrected chi connectivity index (χ0v) is 11.8. The highest BCUT2D eigenvalue weighted by Gasteiger charge is 1.96. The van der Waals surface area contributed by atoms with Crippen LogP contribution in [-0.4, -0.2) is 30.2 Å². The van der Waals surface area contributed by atoms with Crippen molar-refractivity contribution in [2.24, 2.45) is 0 Å². The van der Waals surface area contributed by atoms with Crippen molar-refractivity contribution >= 4 is 5.95 Å². The van der Waals surface area contributed by atoms with Crippen molar-refractivity contribution in [3.8, 4) is 5.75 Å². The molecule has 1 aromatic heterocycles. The molecule has 1 heterocycles. The van der Waals surface area contributed by atoms with Crippen LogP contribution in [0.4, 0.5) is 5.95 Å². The summed E-state index contributed by atoms with van der Waals surface area (Å²) >= 11 is 0. The average molecular weight is 273 g/mol. The van der Waals surface area contributed by atoms with E-state index in [1.54, 1.807) is 19.5 Å². The Labute approximate surface area is 119 Å². The molecule has 0 amide bonds. The summed E-state index contributed by atoms with van der Waals surface area (Å²) in [7, 11) is 1.66. The smallest absolute Gasteiger partial charge is 0.222 e. The number of rotatable bonds is 7. The molecule has 0 saturated carbocycles. The third kappa shape index (κ3) is 4.51. The van der Waals surface area contributed by atoms with E-state index in [-0.39, 0.29) is 0 Å². The molecule has 0 bridgehead atoms. The van der Waals surface area contributed by atoms with Crippen LogP contribution < -0.4 is 10.1 Å². The topological polar surface area (TPSA) is 56.3 Å². The fraction of sp³-hybridized carbons (Fsp3) is 0.333. The number of nitrogens with one attached hydrogen (secondary N) is 1. The molecular formula is C15H19N3O2. The summed E-state index contributed by atoms with van der Waals surface area (Å²) in [5.41, 5.74) is 2.17. The first-order valence-electron chi connectivity index (χ1n) is 6.51. The summed E-state index contributed by atoms with van der Waals surface area (Å²) in [4.78, 5) is 8.32. The lowest BCUT2D eigenvalue weighted by Gasteiger charge is -2.07. The van der Waals surface area contributed by atoms with E-state index < -0.39 is 0 Å². The highest BCUT2D eigenvalue weighted by Crippen LogP contribution is 2.11. The number of anilines is 1. The Bertz CT molecular complexity index is 512. The summed E-state index contributed by atoms with van der Waals surface area (Å²) in [5, 5.41) is 3.11. The van der Waals surface area contributed by atoms with E-state index in [0.717, 1.165) is 16.9 Å². The van der Waals surface area contributed by atoms with Gasteiger partial charge in [0, 0.05) is 18.9 Å². The second-order valence-electron chi connectivity index (χ2n) is 4.41. The van der Waals surface area contributed by atoms with Crippen molar-refractivity contribution in [2.75, 3.05) is 25.6 Å². The lowest BCUT2D eigenvalue weighted by atomic mass is 10.2. The molecule has 0 saturated heterocycles. The second kappa shape index (κ2) is 7.45. The Morgan fingerprint density at radius 1 is 1.10 bits per heavy atom. The van der Waals surface area contributed by atoms with E-state index in [2.05, 4.69) is 15.3 Å². The van der Waals surface area contributed by atoms with Gasteiger partial charge in [-0.05, 0) is 30.2 Å². The van der Waals surface area contributed by atoms with Crippen molar-refractivity contribution in [3.63, 3.8) is 0 Å². The van der Waals surface area contributed by atoms with E-state index in [9.17, 15) is 0 Å². The number of hydrogen-bond donors (Lipinski definition) is 1. The third-order valence-electron chi connectivity index (χ3n) is 2.74. The summed E-state index contributed by atoms with van der Waals surface area (Å²) < 4.78 is 10.7. The van der Waals surface area contributed by atoms with Gasteiger partial charge in [0.05, 0.1) is 20.3 Å². The minimum atomic E-state index is 0.584. The molecule has 0 aliphatic carbocycles. The monoisotopic (exact) mass is 273 g/mol. The standard InChI is InChI=1S/C15H19N3O2/c1-12-9-17-15(18-10-12)16-7-8-20-11-13-3-5-14(19-2)6-4-13/h3-6,9-10H,7-8,11H2,1-2H3,(H,16,17,18). The molecule has 0 unspecified atom stereocenters. The van der Waals surface area contributed by atoms with Crippen molar-refractivity contribution in [1.29, 1.82) is 0 Å². The molecule has 0 fully saturated rings. The Hall–Kier alpha value is -2.14. The van der Waals surface area contributed by atoms with Gasteiger partial charge in [-0.15, -0.1) is 0 Å². The number of ether oxygens (including phenoxy) is 2. The first-order valence-corrected chi connectivity index (χ1v) is 6.51. The molecule has 1 aromatic carbocycles. The molecule has 106 valence electrons. The molecule has 20 heavy (non-hydrogen) atoms. The highest BCUT2D eigenvalue weighted by atomic mass is 16.5. The maximum Gasteiger partial charge on any atom is 0.222 e. The lowest BCUT2D eigenvalue weighted by Crippen LogP contribution is -2.11. The van der Waals surface area contributed by atoms with Gasteiger partial charge < -0.3 is 14.8 Å². The van der Waals surface area contributed by atoms with E-state index in [4.69, 9.17) is 9.47 Å². The molecule has 2 rings (SSSR count). The first-order chi connectivity index (χ1) is 9.78.